The van der Waals surface area contributed by atoms with Crippen LogP contribution in [0.3, 0.4) is 0 Å². The van der Waals surface area contributed by atoms with Crippen LogP contribution < -0.4 is 10.1 Å². The minimum absolute atomic E-state index is 0.0310. The van der Waals surface area contributed by atoms with Crippen LogP contribution in [0, 0.1) is 0 Å². The summed E-state index contributed by atoms with van der Waals surface area (Å²) >= 11 is 0. The van der Waals surface area contributed by atoms with Crippen molar-refractivity contribution < 1.29 is 14.3 Å². The number of anilines is 1. The molecule has 10 heteroatoms. The van der Waals surface area contributed by atoms with Gasteiger partial charge in [-0.1, -0.05) is 0 Å². The lowest BCUT2D eigenvalue weighted by molar-refractivity contribution is 0.0933. The molecule has 2 aromatic heterocycles. The summed E-state index contributed by atoms with van der Waals surface area (Å²) in [6.07, 6.45) is 1.74. The molecule has 10 nitrogen and oxygen atoms in total. The Morgan fingerprint density at radius 3 is 2.53 bits per heavy atom. The number of methoxy groups -OCH3 is 1. The lowest BCUT2D eigenvalue weighted by Gasteiger charge is -2.39. The van der Waals surface area contributed by atoms with E-state index in [1.165, 1.54) is 0 Å². The monoisotopic (exact) mass is 437 g/mol. The van der Waals surface area contributed by atoms with Crippen molar-refractivity contribution in [2.45, 2.75) is 6.04 Å². The van der Waals surface area contributed by atoms with Crippen LogP contribution in [0.15, 0.2) is 42.6 Å². The maximum Gasteiger partial charge on any atom is 0.319 e. The summed E-state index contributed by atoms with van der Waals surface area (Å²) < 4.78 is 6.98. The first-order valence-electron chi connectivity index (χ1n) is 10.3. The summed E-state index contributed by atoms with van der Waals surface area (Å²) in [6.45, 7) is 1.86. The molecule has 0 saturated carbocycles. The molecule has 1 N–H and O–H groups in total. The van der Waals surface area contributed by atoms with Gasteiger partial charge in [-0.3, -0.25) is 14.1 Å². The summed E-state index contributed by atoms with van der Waals surface area (Å²) in [4.78, 5) is 30.8. The number of carbonyl (C=O) groups is 2. The van der Waals surface area contributed by atoms with Crippen LogP contribution in [-0.4, -0.2) is 89.1 Å². The van der Waals surface area contributed by atoms with E-state index in [2.05, 4.69) is 20.4 Å². The van der Waals surface area contributed by atoms with Gasteiger partial charge in [0.25, 0.3) is 5.91 Å². The van der Waals surface area contributed by atoms with Gasteiger partial charge in [-0.15, -0.1) is 10.2 Å². The summed E-state index contributed by atoms with van der Waals surface area (Å²) in [6, 6.07) is 10.5. The average Bonchev–Trinajstić information content (AvgIpc) is 3.22. The van der Waals surface area contributed by atoms with Gasteiger partial charge in [-0.25, -0.2) is 4.79 Å². The van der Waals surface area contributed by atoms with Crippen molar-refractivity contribution >= 4 is 23.3 Å². The van der Waals surface area contributed by atoms with Crippen molar-refractivity contribution in [3.63, 3.8) is 0 Å². The Bertz CT molecular complexity index is 1130. The van der Waals surface area contributed by atoms with E-state index in [1.807, 2.05) is 16.3 Å². The fourth-order valence-corrected chi connectivity index (χ4v) is 3.76. The molecule has 0 bridgehead atoms. The molecular formula is C22H27N7O3. The van der Waals surface area contributed by atoms with Gasteiger partial charge in [-0.2, -0.15) is 0 Å². The number of carbonyl (C=O) groups excluding carboxylic acids is 2. The number of rotatable bonds is 4. The zero-order chi connectivity index (χ0) is 22.8. The molecule has 0 aliphatic carbocycles. The summed E-state index contributed by atoms with van der Waals surface area (Å²) in [5, 5.41) is 11.5. The third-order valence-electron chi connectivity index (χ3n) is 5.64. The van der Waals surface area contributed by atoms with E-state index in [1.54, 1.807) is 68.7 Å². The minimum atomic E-state index is -0.238. The van der Waals surface area contributed by atoms with E-state index < -0.39 is 0 Å². The lowest BCUT2D eigenvalue weighted by Crippen LogP contribution is -2.52. The Balaban J connectivity index is 1.59. The normalized spacial score (nSPS) is 16.8. The van der Waals surface area contributed by atoms with E-state index in [4.69, 9.17) is 4.74 Å². The fourth-order valence-electron chi connectivity index (χ4n) is 3.76. The number of aromatic nitrogens is 3. The highest BCUT2D eigenvalue weighted by atomic mass is 16.5. The van der Waals surface area contributed by atoms with Crippen molar-refractivity contribution in [1.82, 2.24) is 29.3 Å². The molecule has 4 rings (SSSR count). The van der Waals surface area contributed by atoms with Crippen LogP contribution in [0.1, 0.15) is 22.2 Å². The first-order valence-corrected chi connectivity index (χ1v) is 10.3. The zero-order valence-corrected chi connectivity index (χ0v) is 18.6. The van der Waals surface area contributed by atoms with Crippen molar-refractivity contribution in [2.24, 2.45) is 0 Å². The van der Waals surface area contributed by atoms with Crippen LogP contribution >= 0.6 is 0 Å². The van der Waals surface area contributed by atoms with Crippen molar-refractivity contribution in [1.29, 1.82) is 0 Å². The number of hydrogen-bond acceptors (Lipinski definition) is 6. The standard InChI is InChI=1S/C22H27N7O3/c1-26(2)22(31)28-12-11-27(3)18(14-28)20-25-24-19-10-5-15(13-29(19)20)21(30)23-16-6-8-17(32-4)9-7-16/h5-10,13,18H,11-12,14H2,1-4H3,(H,23,30)/t18-/m1/s1. The third-order valence-corrected chi connectivity index (χ3v) is 5.64. The minimum Gasteiger partial charge on any atom is -0.497 e. The van der Waals surface area contributed by atoms with Crippen molar-refractivity contribution in [3.05, 3.63) is 54.0 Å². The molecule has 0 spiro atoms. The van der Waals surface area contributed by atoms with Gasteiger partial charge in [0.05, 0.1) is 18.7 Å². The molecule has 168 valence electrons. The first kappa shape index (κ1) is 21.6. The topological polar surface area (TPSA) is 95.3 Å². The highest BCUT2D eigenvalue weighted by Crippen LogP contribution is 2.24. The SMILES string of the molecule is COc1ccc(NC(=O)c2ccc3nnc([C@H]4CN(C(=O)N(C)C)CCN4C)n3c2)cc1. The maximum absolute atomic E-state index is 12.8. The molecule has 3 heterocycles. The molecule has 1 atom stereocenters. The smallest absolute Gasteiger partial charge is 0.319 e. The number of piperazine rings is 1. The molecular weight excluding hydrogens is 410 g/mol. The Kier molecular flexibility index (Phi) is 5.95. The van der Waals surface area contributed by atoms with Gasteiger partial charge >= 0.3 is 6.03 Å². The maximum atomic E-state index is 12.8. The van der Waals surface area contributed by atoms with Gasteiger partial charge in [0.1, 0.15) is 5.75 Å². The van der Waals surface area contributed by atoms with Crippen LogP contribution in [0.5, 0.6) is 5.75 Å². The van der Waals surface area contributed by atoms with E-state index in [-0.39, 0.29) is 18.0 Å². The second kappa shape index (κ2) is 8.83. The fraction of sp³-hybridized carbons (Fsp3) is 0.364. The summed E-state index contributed by atoms with van der Waals surface area (Å²) in [5.41, 5.74) is 1.80. The number of nitrogens with one attached hydrogen (secondary N) is 1. The van der Waals surface area contributed by atoms with E-state index in [0.717, 1.165) is 12.3 Å². The largest absolute Gasteiger partial charge is 0.497 e. The molecule has 1 saturated heterocycles. The van der Waals surface area contributed by atoms with Gasteiger partial charge < -0.3 is 19.9 Å². The number of pyridine rings is 1. The number of fused-ring (bicyclic) bond motifs is 1. The Hall–Kier alpha value is -3.66. The molecule has 32 heavy (non-hydrogen) atoms. The molecule has 1 aliphatic heterocycles. The quantitative estimate of drug-likeness (QED) is 0.671. The average molecular weight is 438 g/mol. The molecule has 1 fully saturated rings. The van der Waals surface area contributed by atoms with Crippen LogP contribution in [0.4, 0.5) is 10.5 Å². The Labute approximate surface area is 186 Å². The predicted octanol–water partition coefficient (Wildman–Crippen LogP) is 1.96. The number of urea groups is 1. The number of hydrogen-bond donors (Lipinski definition) is 1. The molecule has 1 aliphatic rings. The second-order valence-electron chi connectivity index (χ2n) is 8.01. The van der Waals surface area contributed by atoms with Gasteiger partial charge in [0, 0.05) is 45.6 Å². The van der Waals surface area contributed by atoms with Crippen molar-refractivity contribution in [3.8, 4) is 5.75 Å². The van der Waals surface area contributed by atoms with Gasteiger partial charge in [0.15, 0.2) is 11.5 Å². The van der Waals surface area contributed by atoms with Crippen LogP contribution in [-0.2, 0) is 0 Å². The number of ether oxygens (including phenoxy) is 1. The van der Waals surface area contributed by atoms with Gasteiger partial charge in [-0.05, 0) is 43.4 Å². The predicted molar refractivity (Wildman–Crippen MR) is 120 cm³/mol. The van der Waals surface area contributed by atoms with Crippen molar-refractivity contribution in [2.75, 3.05) is 53.2 Å². The molecule has 1 aromatic carbocycles. The molecule has 0 unspecified atom stereocenters. The first-order chi connectivity index (χ1) is 15.4. The van der Waals surface area contributed by atoms with E-state index in [0.29, 0.717) is 35.8 Å². The zero-order valence-electron chi connectivity index (χ0n) is 18.6. The highest BCUT2D eigenvalue weighted by Gasteiger charge is 2.32. The van der Waals surface area contributed by atoms with Crippen LogP contribution in [0.2, 0.25) is 0 Å². The molecule has 3 amide bonds. The Morgan fingerprint density at radius 2 is 1.84 bits per heavy atom. The summed E-state index contributed by atoms with van der Waals surface area (Å²) in [5.74, 6) is 1.17. The van der Waals surface area contributed by atoms with E-state index >= 15 is 0 Å². The Morgan fingerprint density at radius 1 is 1.09 bits per heavy atom. The number of nitrogens with zero attached hydrogens (tertiary/aromatic N) is 6. The molecule has 3 aromatic rings. The van der Waals surface area contributed by atoms with Gasteiger partial charge in [0.2, 0.25) is 0 Å². The lowest BCUT2D eigenvalue weighted by atomic mass is 10.1. The number of amides is 3. The number of likely N-dealkylation sites (N-methyl/N-ethyl adjacent to an activating group) is 1. The second-order valence-corrected chi connectivity index (χ2v) is 8.01. The molecule has 0 radical (unpaired) electrons. The highest BCUT2D eigenvalue weighted by molar-refractivity contribution is 6.04. The number of benzene rings is 1. The summed E-state index contributed by atoms with van der Waals surface area (Å²) in [7, 11) is 7.09. The van der Waals surface area contributed by atoms with E-state index in [9.17, 15) is 9.59 Å². The van der Waals surface area contributed by atoms with Crippen LogP contribution in [0.25, 0.3) is 5.65 Å². The third kappa shape index (κ3) is 4.22.